The lowest BCUT2D eigenvalue weighted by Gasteiger charge is -2.35. The highest BCUT2D eigenvalue weighted by atomic mass is 32.2. The van der Waals surface area contributed by atoms with Crippen molar-refractivity contribution in [1.29, 1.82) is 0 Å². The number of sulfonamides is 1. The van der Waals surface area contributed by atoms with Gasteiger partial charge in [0, 0.05) is 45.8 Å². The third kappa shape index (κ3) is 2.92. The number of cyclic esters (lactones) is 1. The average Bonchev–Trinajstić information content (AvgIpc) is 3.13. The number of esters is 1. The maximum absolute atomic E-state index is 12.7. The van der Waals surface area contributed by atoms with Crippen LogP contribution in [0.1, 0.15) is 16.9 Å². The second-order valence-corrected chi connectivity index (χ2v) is 7.89. The normalized spacial score (nSPS) is 23.4. The number of amides is 1. The molecule has 0 radical (unpaired) electrons. The Balaban J connectivity index is 1.72. The van der Waals surface area contributed by atoms with Crippen molar-refractivity contribution in [3.63, 3.8) is 0 Å². The lowest BCUT2D eigenvalue weighted by molar-refractivity contribution is -0.142. The molecule has 2 aliphatic rings. The molecule has 0 spiro atoms. The molecule has 1 atom stereocenters. The Morgan fingerprint density at radius 1 is 1.29 bits per heavy atom. The number of ether oxygens (including phenoxy) is 1. The predicted molar refractivity (Wildman–Crippen MR) is 83.6 cm³/mol. The molecule has 1 aromatic heterocycles. The zero-order valence-corrected chi connectivity index (χ0v) is 14.2. The summed E-state index contributed by atoms with van der Waals surface area (Å²) in [7, 11) is -2.12. The highest BCUT2D eigenvalue weighted by molar-refractivity contribution is 7.89. The minimum Gasteiger partial charge on any atom is -0.464 e. The van der Waals surface area contributed by atoms with Crippen molar-refractivity contribution < 1.29 is 22.7 Å². The third-order valence-corrected chi connectivity index (χ3v) is 6.36. The van der Waals surface area contributed by atoms with Crippen LogP contribution in [0.5, 0.6) is 0 Å². The standard InChI is InChI=1S/C14H20N4O5S/c1-16-9-10(8-12(16)13(15)19)24(21,22)18-5-3-17(4-6-18)11-2-7-23-14(11)20/h8-9,11H,2-7H2,1H3,(H2,15,19)/t11-/m0/s1. The van der Waals surface area contributed by atoms with Gasteiger partial charge in [-0.2, -0.15) is 4.31 Å². The molecule has 132 valence electrons. The Hall–Kier alpha value is -1.91. The Kier molecular flexibility index (Phi) is 4.37. The van der Waals surface area contributed by atoms with Gasteiger partial charge in [-0.15, -0.1) is 0 Å². The molecule has 2 aliphatic heterocycles. The first-order chi connectivity index (χ1) is 11.3. The number of nitrogens with zero attached hydrogens (tertiary/aromatic N) is 3. The van der Waals surface area contributed by atoms with E-state index in [0.717, 1.165) is 0 Å². The van der Waals surface area contributed by atoms with Gasteiger partial charge in [0.1, 0.15) is 16.6 Å². The van der Waals surface area contributed by atoms with Gasteiger partial charge >= 0.3 is 5.97 Å². The number of aromatic nitrogens is 1. The Labute approximate surface area is 140 Å². The van der Waals surface area contributed by atoms with Crippen molar-refractivity contribution in [2.75, 3.05) is 32.8 Å². The molecule has 2 fully saturated rings. The van der Waals surface area contributed by atoms with E-state index in [2.05, 4.69) is 0 Å². The van der Waals surface area contributed by atoms with Crippen LogP contribution in [-0.4, -0.2) is 72.9 Å². The number of carbonyl (C=O) groups is 2. The van der Waals surface area contributed by atoms with Gasteiger partial charge in [0.15, 0.2) is 0 Å². The zero-order chi connectivity index (χ0) is 17.5. The van der Waals surface area contributed by atoms with Gasteiger partial charge in [0.25, 0.3) is 5.91 Å². The minimum atomic E-state index is -3.70. The second-order valence-electron chi connectivity index (χ2n) is 5.95. The quantitative estimate of drug-likeness (QED) is 0.674. The summed E-state index contributed by atoms with van der Waals surface area (Å²) in [6, 6.07) is 1.02. The molecule has 9 nitrogen and oxygen atoms in total. The van der Waals surface area contributed by atoms with Gasteiger partial charge in [-0.25, -0.2) is 8.42 Å². The van der Waals surface area contributed by atoms with Crippen LogP contribution in [0.2, 0.25) is 0 Å². The summed E-state index contributed by atoms with van der Waals surface area (Å²) < 4.78 is 33.2. The monoisotopic (exact) mass is 356 g/mol. The molecule has 0 bridgehead atoms. The highest BCUT2D eigenvalue weighted by Gasteiger charge is 2.37. The van der Waals surface area contributed by atoms with E-state index < -0.39 is 15.9 Å². The first-order valence-electron chi connectivity index (χ1n) is 7.67. The first-order valence-corrected chi connectivity index (χ1v) is 9.11. The van der Waals surface area contributed by atoms with E-state index in [0.29, 0.717) is 26.1 Å². The summed E-state index contributed by atoms with van der Waals surface area (Å²) in [5.74, 6) is -0.913. The van der Waals surface area contributed by atoms with E-state index >= 15 is 0 Å². The molecule has 1 amide bonds. The lowest BCUT2D eigenvalue weighted by Crippen LogP contribution is -2.52. The number of rotatable bonds is 4. The summed E-state index contributed by atoms with van der Waals surface area (Å²) in [4.78, 5) is 24.9. The van der Waals surface area contributed by atoms with Crippen LogP contribution in [0.3, 0.4) is 0 Å². The molecule has 3 heterocycles. The van der Waals surface area contributed by atoms with Crippen molar-refractivity contribution in [3.8, 4) is 0 Å². The summed E-state index contributed by atoms with van der Waals surface area (Å²) in [6.45, 7) is 1.92. The van der Waals surface area contributed by atoms with E-state index in [4.69, 9.17) is 10.5 Å². The number of hydrogen-bond donors (Lipinski definition) is 1. The van der Waals surface area contributed by atoms with E-state index in [9.17, 15) is 18.0 Å². The van der Waals surface area contributed by atoms with Gasteiger partial charge in [0.2, 0.25) is 10.0 Å². The molecule has 10 heteroatoms. The van der Waals surface area contributed by atoms with Crippen LogP contribution in [0, 0.1) is 0 Å². The zero-order valence-electron chi connectivity index (χ0n) is 13.3. The summed E-state index contributed by atoms with van der Waals surface area (Å²) in [5.41, 5.74) is 5.37. The van der Waals surface area contributed by atoms with E-state index in [1.807, 2.05) is 4.90 Å². The van der Waals surface area contributed by atoms with E-state index in [1.54, 1.807) is 7.05 Å². The van der Waals surface area contributed by atoms with Crippen LogP contribution in [-0.2, 0) is 26.6 Å². The summed E-state index contributed by atoms with van der Waals surface area (Å²) >= 11 is 0. The van der Waals surface area contributed by atoms with Crippen molar-refractivity contribution in [2.45, 2.75) is 17.4 Å². The molecular formula is C14H20N4O5S. The average molecular weight is 356 g/mol. The Morgan fingerprint density at radius 2 is 1.96 bits per heavy atom. The van der Waals surface area contributed by atoms with Crippen LogP contribution < -0.4 is 5.73 Å². The molecule has 0 aliphatic carbocycles. The molecule has 2 N–H and O–H groups in total. The minimum absolute atomic E-state index is 0.0486. The largest absolute Gasteiger partial charge is 0.464 e. The molecule has 0 saturated carbocycles. The molecule has 0 unspecified atom stereocenters. The maximum Gasteiger partial charge on any atom is 0.323 e. The number of piperazine rings is 1. The van der Waals surface area contributed by atoms with Crippen LogP contribution >= 0.6 is 0 Å². The van der Waals surface area contributed by atoms with Crippen molar-refractivity contribution in [2.24, 2.45) is 12.8 Å². The van der Waals surface area contributed by atoms with E-state index in [-0.39, 0.29) is 35.7 Å². The van der Waals surface area contributed by atoms with E-state index in [1.165, 1.54) is 21.1 Å². The maximum atomic E-state index is 12.7. The number of primary amides is 1. The topological polar surface area (TPSA) is 115 Å². The van der Waals surface area contributed by atoms with Gasteiger partial charge in [-0.1, -0.05) is 0 Å². The van der Waals surface area contributed by atoms with Crippen molar-refractivity contribution in [3.05, 3.63) is 18.0 Å². The Bertz CT molecular complexity index is 764. The third-order valence-electron chi connectivity index (χ3n) is 4.49. The smallest absolute Gasteiger partial charge is 0.323 e. The summed E-state index contributed by atoms with van der Waals surface area (Å²) in [5, 5.41) is 0. The molecule has 1 aromatic rings. The van der Waals surface area contributed by atoms with Crippen molar-refractivity contribution in [1.82, 2.24) is 13.8 Å². The number of hydrogen-bond acceptors (Lipinski definition) is 6. The van der Waals surface area contributed by atoms with Crippen molar-refractivity contribution >= 4 is 21.9 Å². The Morgan fingerprint density at radius 3 is 2.46 bits per heavy atom. The van der Waals surface area contributed by atoms with Gasteiger partial charge in [0.05, 0.1) is 6.61 Å². The fourth-order valence-corrected chi connectivity index (χ4v) is 4.64. The number of aryl methyl sites for hydroxylation is 1. The van der Waals surface area contributed by atoms with Gasteiger partial charge in [-0.3, -0.25) is 14.5 Å². The fourth-order valence-electron chi connectivity index (χ4n) is 3.14. The second kappa shape index (κ2) is 6.19. The molecule has 3 rings (SSSR count). The van der Waals surface area contributed by atoms with Crippen LogP contribution in [0.25, 0.3) is 0 Å². The molecule has 2 saturated heterocycles. The lowest BCUT2D eigenvalue weighted by atomic mass is 10.2. The molecule has 24 heavy (non-hydrogen) atoms. The number of carbonyl (C=O) groups excluding carboxylic acids is 2. The fraction of sp³-hybridized carbons (Fsp3) is 0.571. The SMILES string of the molecule is Cn1cc(S(=O)(=O)N2CCN([C@H]3CCOC3=O)CC2)cc1C(N)=O. The number of nitrogens with two attached hydrogens (primary N) is 1. The van der Waals surface area contributed by atoms with Gasteiger partial charge < -0.3 is 15.0 Å². The van der Waals surface area contributed by atoms with Crippen LogP contribution in [0.4, 0.5) is 0 Å². The van der Waals surface area contributed by atoms with Crippen LogP contribution in [0.15, 0.2) is 17.2 Å². The van der Waals surface area contributed by atoms with Gasteiger partial charge in [-0.05, 0) is 6.07 Å². The first kappa shape index (κ1) is 16.9. The summed E-state index contributed by atoms with van der Waals surface area (Å²) in [6.07, 6.45) is 2.03. The molecule has 0 aromatic carbocycles. The predicted octanol–water partition coefficient (Wildman–Crippen LogP) is -1.25. The molecular weight excluding hydrogens is 336 g/mol. The highest BCUT2D eigenvalue weighted by Crippen LogP contribution is 2.22.